The highest BCUT2D eigenvalue weighted by molar-refractivity contribution is 6.01. The number of aromatic nitrogens is 2. The predicted octanol–water partition coefficient (Wildman–Crippen LogP) is 3.77. The lowest BCUT2D eigenvalue weighted by molar-refractivity contribution is -0.121. The Bertz CT molecular complexity index is 1120. The van der Waals surface area contributed by atoms with Gasteiger partial charge in [0.05, 0.1) is 31.5 Å². The summed E-state index contributed by atoms with van der Waals surface area (Å²) in [5.74, 6) is 1.18. The van der Waals surface area contributed by atoms with Crippen molar-refractivity contribution in [2.24, 2.45) is 5.92 Å². The number of piperidine rings is 1. The molecule has 0 spiro atoms. The fourth-order valence-corrected chi connectivity index (χ4v) is 3.93. The van der Waals surface area contributed by atoms with Crippen molar-refractivity contribution >= 4 is 17.6 Å². The van der Waals surface area contributed by atoms with E-state index >= 15 is 0 Å². The third-order valence-electron chi connectivity index (χ3n) is 5.81. The van der Waals surface area contributed by atoms with Crippen molar-refractivity contribution in [3.63, 3.8) is 0 Å². The van der Waals surface area contributed by atoms with Crippen LogP contribution in [0, 0.1) is 5.92 Å². The molecule has 4 rings (SSSR count). The molecule has 1 saturated heterocycles. The van der Waals surface area contributed by atoms with Gasteiger partial charge in [0.15, 0.2) is 0 Å². The molecule has 0 unspecified atom stereocenters. The van der Waals surface area contributed by atoms with Gasteiger partial charge in [0.1, 0.15) is 5.75 Å². The number of methoxy groups -OCH3 is 1. The molecule has 0 saturated carbocycles. The third-order valence-corrected chi connectivity index (χ3v) is 5.81. The summed E-state index contributed by atoms with van der Waals surface area (Å²) in [6.45, 7) is 4.03. The highest BCUT2D eigenvalue weighted by Crippen LogP contribution is 2.24. The maximum absolute atomic E-state index is 12.8. The normalized spacial score (nSPS) is 14.5. The van der Waals surface area contributed by atoms with E-state index in [0.29, 0.717) is 42.4 Å². The molecule has 9 nitrogen and oxygen atoms in total. The van der Waals surface area contributed by atoms with E-state index in [1.165, 1.54) is 0 Å². The van der Waals surface area contributed by atoms with Gasteiger partial charge in [-0.2, -0.15) is 4.98 Å². The Labute approximate surface area is 198 Å². The fraction of sp³-hybridized carbons (Fsp3) is 0.360. The Morgan fingerprint density at radius 1 is 1.12 bits per heavy atom. The minimum atomic E-state index is -0.443. The van der Waals surface area contributed by atoms with E-state index < -0.39 is 5.97 Å². The molecule has 2 aromatic carbocycles. The van der Waals surface area contributed by atoms with Gasteiger partial charge in [-0.15, -0.1) is 0 Å². The number of carbonyl (C=O) groups is 2. The molecule has 0 aliphatic carbocycles. The highest BCUT2D eigenvalue weighted by atomic mass is 16.5. The predicted molar refractivity (Wildman–Crippen MR) is 125 cm³/mol. The van der Waals surface area contributed by atoms with Crippen LogP contribution in [-0.4, -0.2) is 53.7 Å². The molecule has 0 bridgehead atoms. The van der Waals surface area contributed by atoms with Gasteiger partial charge in [-0.1, -0.05) is 17.3 Å². The van der Waals surface area contributed by atoms with Crippen molar-refractivity contribution in [3.8, 4) is 17.1 Å². The molecule has 34 heavy (non-hydrogen) atoms. The van der Waals surface area contributed by atoms with Gasteiger partial charge >= 0.3 is 5.97 Å². The summed E-state index contributed by atoms with van der Waals surface area (Å²) >= 11 is 0. The first-order valence-corrected chi connectivity index (χ1v) is 11.3. The number of nitrogens with zero attached hydrogens (tertiary/aromatic N) is 3. The van der Waals surface area contributed by atoms with Crippen LogP contribution < -0.4 is 10.1 Å². The fourth-order valence-electron chi connectivity index (χ4n) is 3.93. The second-order valence-corrected chi connectivity index (χ2v) is 8.05. The molecular weight excluding hydrogens is 436 g/mol. The molecule has 0 atom stereocenters. The van der Waals surface area contributed by atoms with E-state index in [-0.39, 0.29) is 18.4 Å². The minimum absolute atomic E-state index is 0.0871. The molecular formula is C25H28N4O5. The number of ether oxygens (including phenoxy) is 2. The molecule has 3 aromatic rings. The van der Waals surface area contributed by atoms with Crippen LogP contribution in [0.2, 0.25) is 0 Å². The van der Waals surface area contributed by atoms with Crippen LogP contribution in [0.25, 0.3) is 11.4 Å². The van der Waals surface area contributed by atoms with Crippen molar-refractivity contribution in [2.75, 3.05) is 32.1 Å². The number of para-hydroxylation sites is 1. The topological polar surface area (TPSA) is 107 Å². The first kappa shape index (κ1) is 23.4. The van der Waals surface area contributed by atoms with Gasteiger partial charge in [-0.25, -0.2) is 4.79 Å². The second kappa shape index (κ2) is 10.9. The summed E-state index contributed by atoms with van der Waals surface area (Å²) in [6.07, 6.45) is 1.40. The van der Waals surface area contributed by atoms with Crippen LogP contribution in [-0.2, 0) is 16.1 Å². The van der Waals surface area contributed by atoms with Gasteiger partial charge in [0.2, 0.25) is 17.6 Å². The number of amides is 1. The van der Waals surface area contributed by atoms with E-state index in [0.717, 1.165) is 24.4 Å². The molecule has 0 radical (unpaired) electrons. The number of esters is 1. The molecule has 1 N–H and O–H groups in total. The van der Waals surface area contributed by atoms with E-state index in [9.17, 15) is 9.59 Å². The third kappa shape index (κ3) is 5.60. The van der Waals surface area contributed by atoms with E-state index in [4.69, 9.17) is 14.0 Å². The standard InChI is InChI=1S/C25H28N4O5/c1-3-33-25(31)20-6-4-5-7-21(20)26-24(30)18-12-14-29(15-13-18)16-22-27-23(28-34-22)17-8-10-19(32-2)11-9-17/h4-11,18H,3,12-16H2,1-2H3,(H,26,30). The molecule has 1 fully saturated rings. The number of hydrogen-bond donors (Lipinski definition) is 1. The van der Waals surface area contributed by atoms with Crippen LogP contribution in [0.4, 0.5) is 5.69 Å². The van der Waals surface area contributed by atoms with Crippen LogP contribution >= 0.6 is 0 Å². The zero-order chi connectivity index (χ0) is 23.9. The van der Waals surface area contributed by atoms with Crippen molar-refractivity contribution in [1.82, 2.24) is 15.0 Å². The van der Waals surface area contributed by atoms with Crippen LogP contribution in [0.1, 0.15) is 36.0 Å². The Hall–Kier alpha value is -3.72. The minimum Gasteiger partial charge on any atom is -0.497 e. The average molecular weight is 465 g/mol. The molecule has 2 heterocycles. The average Bonchev–Trinajstić information content (AvgIpc) is 3.33. The lowest BCUT2D eigenvalue weighted by Crippen LogP contribution is -2.38. The largest absolute Gasteiger partial charge is 0.497 e. The summed E-state index contributed by atoms with van der Waals surface area (Å²) < 4.78 is 15.7. The van der Waals surface area contributed by atoms with Crippen LogP contribution in [0.15, 0.2) is 53.1 Å². The molecule has 1 aliphatic rings. The maximum atomic E-state index is 12.8. The summed E-state index contributed by atoms with van der Waals surface area (Å²) in [7, 11) is 1.62. The van der Waals surface area contributed by atoms with E-state index in [1.54, 1.807) is 38.3 Å². The highest BCUT2D eigenvalue weighted by Gasteiger charge is 2.27. The number of anilines is 1. The summed E-state index contributed by atoms with van der Waals surface area (Å²) in [5, 5.41) is 6.98. The second-order valence-electron chi connectivity index (χ2n) is 8.05. The zero-order valence-electron chi connectivity index (χ0n) is 19.3. The summed E-state index contributed by atoms with van der Waals surface area (Å²) in [4.78, 5) is 31.7. The number of rotatable bonds is 8. The van der Waals surface area contributed by atoms with Gasteiger partial charge < -0.3 is 19.3 Å². The maximum Gasteiger partial charge on any atom is 0.340 e. The molecule has 178 valence electrons. The SMILES string of the molecule is CCOC(=O)c1ccccc1NC(=O)C1CCN(Cc2nc(-c3ccc(OC)cc3)no2)CC1. The van der Waals surface area contributed by atoms with E-state index in [2.05, 4.69) is 20.4 Å². The smallest absolute Gasteiger partial charge is 0.340 e. The number of benzene rings is 2. The van der Waals surface area contributed by atoms with Crippen LogP contribution in [0.3, 0.4) is 0 Å². The summed E-state index contributed by atoms with van der Waals surface area (Å²) in [5.41, 5.74) is 1.69. The molecule has 9 heteroatoms. The number of likely N-dealkylation sites (tertiary alicyclic amines) is 1. The Kier molecular flexibility index (Phi) is 7.54. The van der Waals surface area contributed by atoms with Crippen molar-refractivity contribution < 1.29 is 23.6 Å². The quantitative estimate of drug-likeness (QED) is 0.502. The first-order chi connectivity index (χ1) is 16.6. The van der Waals surface area contributed by atoms with Crippen molar-refractivity contribution in [3.05, 3.63) is 60.0 Å². The number of carbonyl (C=O) groups excluding carboxylic acids is 2. The monoisotopic (exact) mass is 464 g/mol. The lowest BCUT2D eigenvalue weighted by atomic mass is 9.95. The lowest BCUT2D eigenvalue weighted by Gasteiger charge is -2.30. The van der Waals surface area contributed by atoms with Gasteiger partial charge in [0.25, 0.3) is 0 Å². The summed E-state index contributed by atoms with van der Waals surface area (Å²) in [6, 6.07) is 14.4. The van der Waals surface area contributed by atoms with Gasteiger partial charge in [0, 0.05) is 11.5 Å². The first-order valence-electron chi connectivity index (χ1n) is 11.3. The molecule has 1 aromatic heterocycles. The van der Waals surface area contributed by atoms with Crippen molar-refractivity contribution in [2.45, 2.75) is 26.3 Å². The van der Waals surface area contributed by atoms with Gasteiger partial charge in [-0.3, -0.25) is 9.69 Å². The number of nitrogens with one attached hydrogen (secondary N) is 1. The number of hydrogen-bond acceptors (Lipinski definition) is 8. The Morgan fingerprint density at radius 2 is 1.85 bits per heavy atom. The van der Waals surface area contributed by atoms with Crippen molar-refractivity contribution in [1.29, 1.82) is 0 Å². The van der Waals surface area contributed by atoms with Crippen LogP contribution in [0.5, 0.6) is 5.75 Å². The Balaban J connectivity index is 1.30. The molecule has 1 aliphatic heterocycles. The molecule has 1 amide bonds. The Morgan fingerprint density at radius 3 is 2.56 bits per heavy atom. The zero-order valence-corrected chi connectivity index (χ0v) is 19.3. The van der Waals surface area contributed by atoms with E-state index in [1.807, 2.05) is 24.3 Å². The van der Waals surface area contributed by atoms with Gasteiger partial charge in [-0.05, 0) is 69.3 Å².